The maximum atomic E-state index is 13.7. The van der Waals surface area contributed by atoms with Crippen LogP contribution in [-0.2, 0) is 54.0 Å². The zero-order valence-corrected chi connectivity index (χ0v) is 36.6. The summed E-state index contributed by atoms with van der Waals surface area (Å²) in [5.74, 6) is -3.12. The van der Waals surface area contributed by atoms with Gasteiger partial charge >= 0.3 is 5.97 Å². The van der Waals surface area contributed by atoms with Crippen LogP contribution in [0.15, 0.2) is 30.0 Å². The van der Waals surface area contributed by atoms with Crippen LogP contribution in [0.1, 0.15) is 79.3 Å². The number of esters is 1. The molecule has 0 aromatic carbocycles. The van der Waals surface area contributed by atoms with Crippen LogP contribution in [0.3, 0.4) is 0 Å². The molecule has 3 aliphatic rings. The maximum absolute atomic E-state index is 13.7. The number of aldehydes is 1. The van der Waals surface area contributed by atoms with Gasteiger partial charge in [-0.3, -0.25) is 9.59 Å². The first kappa shape index (κ1) is 49.7. The lowest BCUT2D eigenvalue weighted by atomic mass is 9.79. The van der Waals surface area contributed by atoms with Gasteiger partial charge in [0.15, 0.2) is 18.4 Å². The summed E-state index contributed by atoms with van der Waals surface area (Å²) in [4.78, 5) is 41.5. The number of hydrogen-bond donors (Lipinski definition) is 3. The SMILES string of the molecule is [B]n1cc(CCN(C)C2CC(O[C@H]3[C@@H](CC=O)C[C@H](C)C(=O)/C=C/C(C)=C/[C@H](COC4OC(C)C(O)C(OC)C4OC)[C@@H](CC)OC(=O)C[C@@H](O)[C@H]3C)OC(C)[C@@H]2O)nn1. The van der Waals surface area contributed by atoms with E-state index in [4.69, 9.17) is 41.1 Å². The van der Waals surface area contributed by atoms with Gasteiger partial charge in [-0.2, -0.15) is 0 Å². The molecule has 8 unspecified atom stereocenters. The molecular formula is C42H67BN4O13. The van der Waals surface area contributed by atoms with Gasteiger partial charge in [0.05, 0.1) is 49.2 Å². The second-order valence-corrected chi connectivity index (χ2v) is 16.7. The normalized spacial score (nSPS) is 39.2. The summed E-state index contributed by atoms with van der Waals surface area (Å²) in [6, 6.07) is -0.385. The Kier molecular flexibility index (Phi) is 19.5. The molecule has 16 atom stereocenters. The van der Waals surface area contributed by atoms with E-state index in [-0.39, 0.29) is 44.1 Å². The van der Waals surface area contributed by atoms with Gasteiger partial charge in [0.25, 0.3) is 7.98 Å². The van der Waals surface area contributed by atoms with Crippen molar-refractivity contribution in [2.75, 3.05) is 34.4 Å². The Morgan fingerprint density at radius 2 is 1.70 bits per heavy atom. The van der Waals surface area contributed by atoms with E-state index in [0.717, 1.165) is 10.9 Å². The van der Waals surface area contributed by atoms with Crippen molar-refractivity contribution in [3.8, 4) is 0 Å². The van der Waals surface area contributed by atoms with Gasteiger partial charge in [-0.1, -0.05) is 43.7 Å². The van der Waals surface area contributed by atoms with Crippen molar-refractivity contribution in [3.63, 3.8) is 0 Å². The molecule has 3 N–H and O–H groups in total. The summed E-state index contributed by atoms with van der Waals surface area (Å²) in [5, 5.41) is 41.4. The predicted molar refractivity (Wildman–Crippen MR) is 218 cm³/mol. The first-order chi connectivity index (χ1) is 28.5. The third kappa shape index (κ3) is 13.3. The Hall–Kier alpha value is -2.91. The Morgan fingerprint density at radius 3 is 2.33 bits per heavy atom. The molecule has 4 heterocycles. The van der Waals surface area contributed by atoms with Gasteiger partial charge < -0.3 is 62.8 Å². The number of carbonyl (C=O) groups is 3. The first-order valence-electron chi connectivity index (χ1n) is 21.1. The van der Waals surface area contributed by atoms with E-state index in [1.54, 1.807) is 40.0 Å². The van der Waals surface area contributed by atoms with Crippen LogP contribution in [0.5, 0.6) is 0 Å². The molecule has 336 valence electrons. The van der Waals surface area contributed by atoms with Crippen molar-refractivity contribution in [1.82, 2.24) is 19.8 Å². The summed E-state index contributed by atoms with van der Waals surface area (Å²) in [6.07, 6.45) is -0.519. The Bertz CT molecular complexity index is 1580. The van der Waals surface area contributed by atoms with Crippen LogP contribution in [0.2, 0.25) is 0 Å². The lowest BCUT2D eigenvalue weighted by Gasteiger charge is -2.44. The molecule has 60 heavy (non-hydrogen) atoms. The van der Waals surface area contributed by atoms with Crippen LogP contribution in [-0.4, -0.2) is 169 Å². The smallest absolute Gasteiger partial charge is 0.308 e. The van der Waals surface area contributed by atoms with E-state index >= 15 is 0 Å². The number of methoxy groups -OCH3 is 2. The number of cyclic esters (lactones) is 1. The number of carbonyl (C=O) groups excluding carboxylic acids is 3. The number of likely N-dealkylation sites (N-methyl/N-ethyl adjacent to an activating group) is 1. The largest absolute Gasteiger partial charge is 0.462 e. The maximum Gasteiger partial charge on any atom is 0.308 e. The highest BCUT2D eigenvalue weighted by Crippen LogP contribution is 2.35. The van der Waals surface area contributed by atoms with Crippen molar-refractivity contribution in [1.29, 1.82) is 0 Å². The number of aromatic nitrogens is 3. The zero-order chi connectivity index (χ0) is 44.3. The second-order valence-electron chi connectivity index (χ2n) is 16.7. The van der Waals surface area contributed by atoms with E-state index in [1.807, 2.05) is 31.9 Å². The third-order valence-electron chi connectivity index (χ3n) is 12.2. The number of ketones is 1. The summed E-state index contributed by atoms with van der Waals surface area (Å²) in [7, 11) is 10.5. The van der Waals surface area contributed by atoms with Crippen molar-refractivity contribution in [3.05, 3.63) is 35.7 Å². The lowest BCUT2D eigenvalue weighted by Crippen LogP contribution is -2.59. The number of ether oxygens (including phenoxy) is 7. The van der Waals surface area contributed by atoms with Crippen molar-refractivity contribution >= 4 is 26.0 Å². The number of nitrogens with zero attached hydrogens (tertiary/aromatic N) is 4. The summed E-state index contributed by atoms with van der Waals surface area (Å²) < 4.78 is 43.5. The molecule has 0 aliphatic carbocycles. The Balaban J connectivity index is 1.58. The topological polar surface area (TPSA) is 210 Å². The molecule has 0 amide bonds. The summed E-state index contributed by atoms with van der Waals surface area (Å²) >= 11 is 0. The van der Waals surface area contributed by atoms with Gasteiger partial charge in [0.1, 0.15) is 30.7 Å². The minimum atomic E-state index is -1.27. The fraction of sp³-hybridized carbons (Fsp3) is 0.786. The average Bonchev–Trinajstić information content (AvgIpc) is 3.64. The Morgan fingerprint density at radius 1 is 1.00 bits per heavy atom. The standard InChI is InChI=1S/C42H67BN4O13/c1-10-34-29(22-56-42-41(55-9)40(54-8)38(53)27(6)58-42)17-23(2)11-12-32(49)24(3)18-28(14-16-48)39(25(4)33(50)20-35(51)59-34)60-36-19-31(37(52)26(5)57-36)46(7)15-13-30-21-47(43)45-44-30/h11-12,16-17,21,24-29,31,33-34,36-42,50,52-53H,10,13-15,18-20,22H2,1-9H3/b12-11+,23-17+/t24-,25+,26?,27?,28-,29+,31?,33+,34+,36?,37-,38?,39+,40?,41?,42?/m0/s1. The lowest BCUT2D eigenvalue weighted by molar-refractivity contribution is -0.304. The van der Waals surface area contributed by atoms with Gasteiger partial charge in [-0.15, -0.1) is 5.10 Å². The molecule has 4 rings (SSSR count). The van der Waals surface area contributed by atoms with E-state index in [2.05, 4.69) is 10.3 Å². The summed E-state index contributed by atoms with van der Waals surface area (Å²) in [6.45, 7) is 11.2. The fourth-order valence-electron chi connectivity index (χ4n) is 8.48. The molecule has 0 saturated carbocycles. The van der Waals surface area contributed by atoms with Crippen molar-refractivity contribution in [2.24, 2.45) is 23.7 Å². The van der Waals surface area contributed by atoms with E-state index in [0.29, 0.717) is 30.7 Å². The quantitative estimate of drug-likeness (QED) is 0.138. The van der Waals surface area contributed by atoms with Gasteiger partial charge in [-0.05, 0) is 52.7 Å². The van der Waals surface area contributed by atoms with Crippen LogP contribution < -0.4 is 0 Å². The van der Waals surface area contributed by atoms with E-state index < -0.39 is 97.2 Å². The van der Waals surface area contributed by atoms with Crippen molar-refractivity contribution in [2.45, 2.75) is 154 Å². The molecule has 2 radical (unpaired) electrons. The van der Waals surface area contributed by atoms with Crippen molar-refractivity contribution < 1.29 is 62.9 Å². The van der Waals surface area contributed by atoms with E-state index in [9.17, 15) is 29.7 Å². The molecule has 1 aromatic heterocycles. The minimum absolute atomic E-state index is 0.0212. The molecule has 18 heteroatoms. The van der Waals surface area contributed by atoms with Crippen LogP contribution >= 0.6 is 0 Å². The monoisotopic (exact) mass is 846 g/mol. The number of aliphatic hydroxyl groups excluding tert-OH is 3. The molecule has 1 aromatic rings. The fourth-order valence-corrected chi connectivity index (χ4v) is 8.48. The van der Waals surface area contributed by atoms with Gasteiger partial charge in [-0.25, -0.2) is 0 Å². The average molecular weight is 847 g/mol. The zero-order valence-electron chi connectivity index (χ0n) is 36.6. The molecule has 3 aliphatic heterocycles. The molecular weight excluding hydrogens is 779 g/mol. The highest BCUT2D eigenvalue weighted by molar-refractivity contribution is 6.05. The number of hydrogen-bond acceptors (Lipinski definition) is 16. The highest BCUT2D eigenvalue weighted by atomic mass is 16.7. The number of aliphatic hydroxyl groups is 3. The first-order valence-corrected chi connectivity index (χ1v) is 21.1. The second kappa shape index (κ2) is 23.5. The summed E-state index contributed by atoms with van der Waals surface area (Å²) in [5.41, 5.74) is 1.41. The molecule has 0 bridgehead atoms. The number of allylic oxidation sites excluding steroid dienone is 3. The highest BCUT2D eigenvalue weighted by Gasteiger charge is 2.46. The van der Waals surface area contributed by atoms with Crippen LogP contribution in [0.25, 0.3) is 0 Å². The van der Waals surface area contributed by atoms with Crippen LogP contribution in [0.4, 0.5) is 0 Å². The van der Waals surface area contributed by atoms with Gasteiger partial charge in [0, 0.05) is 70.0 Å². The third-order valence-corrected chi connectivity index (χ3v) is 12.2. The molecule has 2 saturated heterocycles. The Labute approximate surface area is 355 Å². The molecule has 0 spiro atoms. The predicted octanol–water partition coefficient (Wildman–Crippen LogP) is 1.73. The molecule has 2 fully saturated rings. The number of rotatable bonds is 14. The minimum Gasteiger partial charge on any atom is -0.462 e. The van der Waals surface area contributed by atoms with Gasteiger partial charge in [0.2, 0.25) is 0 Å². The van der Waals surface area contributed by atoms with E-state index in [1.165, 1.54) is 20.3 Å². The molecule has 17 nitrogen and oxygen atoms in total. The van der Waals surface area contributed by atoms with Crippen LogP contribution in [0, 0.1) is 23.7 Å².